The molecule has 5 nitrogen and oxygen atoms in total. The van der Waals surface area contributed by atoms with Gasteiger partial charge >= 0.3 is 0 Å². The zero-order valence-corrected chi connectivity index (χ0v) is 15.4. The number of carbonyl (C=O) groups excluding carboxylic acids is 2. The normalized spacial score (nSPS) is 24.0. The standard InChI is InChI=1S/C18H27N3O2S/c1-19(2)18(23)13-20-10-14-5-6-15(12-20)21(11-14)17(22)8-7-16-4-3-9-24-16/h3-4,9,14-15H,5-8,10-13H2,1-2H3. The molecule has 1 aromatic heterocycles. The summed E-state index contributed by atoms with van der Waals surface area (Å²) >= 11 is 1.72. The highest BCUT2D eigenvalue weighted by Crippen LogP contribution is 2.28. The number of amides is 2. The first-order chi connectivity index (χ1) is 11.5. The first-order valence-electron chi connectivity index (χ1n) is 8.77. The zero-order chi connectivity index (χ0) is 17.1. The van der Waals surface area contributed by atoms with Crippen LogP contribution in [-0.4, -0.2) is 72.8 Å². The summed E-state index contributed by atoms with van der Waals surface area (Å²) in [6.45, 7) is 3.10. The second-order valence-electron chi connectivity index (χ2n) is 7.20. The molecule has 0 N–H and O–H groups in total. The van der Waals surface area contributed by atoms with E-state index in [0.717, 1.165) is 32.5 Å². The molecule has 3 saturated heterocycles. The maximum atomic E-state index is 12.7. The third kappa shape index (κ3) is 4.16. The molecule has 3 aliphatic heterocycles. The predicted octanol–water partition coefficient (Wildman–Crippen LogP) is 1.69. The lowest BCUT2D eigenvalue weighted by Crippen LogP contribution is -2.47. The minimum atomic E-state index is 0.145. The molecular weight excluding hydrogens is 322 g/mol. The van der Waals surface area contributed by atoms with Crippen LogP contribution in [0.1, 0.15) is 24.1 Å². The van der Waals surface area contributed by atoms with Gasteiger partial charge in [0.05, 0.1) is 6.54 Å². The topological polar surface area (TPSA) is 43.9 Å². The van der Waals surface area contributed by atoms with E-state index in [2.05, 4.69) is 21.2 Å². The van der Waals surface area contributed by atoms with Crippen LogP contribution >= 0.6 is 11.3 Å². The number of thiophene rings is 1. The van der Waals surface area contributed by atoms with Gasteiger partial charge in [-0.05, 0) is 36.6 Å². The van der Waals surface area contributed by atoms with E-state index in [4.69, 9.17) is 0 Å². The summed E-state index contributed by atoms with van der Waals surface area (Å²) in [5, 5.41) is 2.06. The minimum absolute atomic E-state index is 0.145. The molecule has 0 spiro atoms. The van der Waals surface area contributed by atoms with Crippen LogP contribution in [0.2, 0.25) is 0 Å². The Hall–Kier alpha value is -1.40. The van der Waals surface area contributed by atoms with E-state index >= 15 is 0 Å². The molecule has 2 atom stereocenters. The summed E-state index contributed by atoms with van der Waals surface area (Å²) in [6, 6.07) is 4.41. The smallest absolute Gasteiger partial charge is 0.236 e. The molecule has 0 saturated carbocycles. The van der Waals surface area contributed by atoms with Gasteiger partial charge in [-0.3, -0.25) is 14.5 Å². The van der Waals surface area contributed by atoms with Crippen LogP contribution < -0.4 is 0 Å². The van der Waals surface area contributed by atoms with Crippen LogP contribution in [0.25, 0.3) is 0 Å². The van der Waals surface area contributed by atoms with Crippen molar-refractivity contribution in [3.05, 3.63) is 22.4 Å². The van der Waals surface area contributed by atoms with Gasteiger partial charge in [0, 0.05) is 51.1 Å². The summed E-state index contributed by atoms with van der Waals surface area (Å²) in [6.07, 6.45) is 3.68. The Bertz CT molecular complexity index is 573. The second-order valence-corrected chi connectivity index (χ2v) is 8.24. The van der Waals surface area contributed by atoms with Crippen molar-refractivity contribution in [1.29, 1.82) is 0 Å². The highest BCUT2D eigenvalue weighted by molar-refractivity contribution is 7.09. The van der Waals surface area contributed by atoms with Crippen molar-refractivity contribution in [2.24, 2.45) is 5.92 Å². The molecular formula is C18H27N3O2S. The number of hydrogen-bond donors (Lipinski definition) is 0. The van der Waals surface area contributed by atoms with E-state index in [1.165, 1.54) is 11.3 Å². The van der Waals surface area contributed by atoms with Gasteiger partial charge in [-0.1, -0.05) is 6.07 Å². The first-order valence-corrected chi connectivity index (χ1v) is 9.65. The SMILES string of the molecule is CN(C)C(=O)CN1CC2CCC(C1)N(C(=O)CCc1cccs1)C2. The number of carbonyl (C=O) groups is 2. The van der Waals surface area contributed by atoms with Gasteiger partial charge in [0.15, 0.2) is 0 Å². The molecule has 1 aromatic rings. The molecule has 2 unspecified atom stereocenters. The number of likely N-dealkylation sites (N-methyl/N-ethyl adjacent to an activating group) is 1. The molecule has 2 amide bonds. The number of aryl methyl sites for hydroxylation is 1. The van der Waals surface area contributed by atoms with Crippen LogP contribution in [0.4, 0.5) is 0 Å². The lowest BCUT2D eigenvalue weighted by Gasteiger charge is -2.36. The Morgan fingerprint density at radius 2 is 2.08 bits per heavy atom. The van der Waals surface area contributed by atoms with Crippen LogP contribution in [0.15, 0.2) is 17.5 Å². The molecule has 24 heavy (non-hydrogen) atoms. The van der Waals surface area contributed by atoms with Crippen molar-refractivity contribution in [2.45, 2.75) is 31.7 Å². The van der Waals surface area contributed by atoms with Gasteiger partial charge in [-0.25, -0.2) is 0 Å². The molecule has 6 heteroatoms. The summed E-state index contributed by atoms with van der Waals surface area (Å²) < 4.78 is 0. The molecule has 4 heterocycles. The quantitative estimate of drug-likeness (QED) is 0.813. The molecule has 3 fully saturated rings. The van der Waals surface area contributed by atoms with E-state index in [1.807, 2.05) is 6.07 Å². The Balaban J connectivity index is 1.58. The Labute approximate surface area is 148 Å². The second kappa shape index (κ2) is 7.66. The van der Waals surface area contributed by atoms with Gasteiger partial charge < -0.3 is 9.80 Å². The monoisotopic (exact) mass is 349 g/mol. The fourth-order valence-electron chi connectivity index (χ4n) is 3.77. The lowest BCUT2D eigenvalue weighted by molar-refractivity contribution is -0.135. The van der Waals surface area contributed by atoms with Gasteiger partial charge in [0.2, 0.25) is 11.8 Å². The number of hydrogen-bond acceptors (Lipinski definition) is 4. The maximum absolute atomic E-state index is 12.7. The predicted molar refractivity (Wildman–Crippen MR) is 96.0 cm³/mol. The lowest BCUT2D eigenvalue weighted by atomic mass is 9.94. The van der Waals surface area contributed by atoms with Crippen LogP contribution in [-0.2, 0) is 16.0 Å². The molecule has 0 aromatic carbocycles. The van der Waals surface area contributed by atoms with E-state index in [-0.39, 0.29) is 17.9 Å². The van der Waals surface area contributed by atoms with Gasteiger partial charge in [-0.15, -0.1) is 11.3 Å². The molecule has 2 bridgehead atoms. The zero-order valence-electron chi connectivity index (χ0n) is 14.6. The highest BCUT2D eigenvalue weighted by atomic mass is 32.1. The molecule has 0 radical (unpaired) electrons. The molecule has 132 valence electrons. The number of piperidine rings is 1. The van der Waals surface area contributed by atoms with Crippen molar-refractivity contribution in [3.63, 3.8) is 0 Å². The van der Waals surface area contributed by atoms with E-state index in [9.17, 15) is 9.59 Å². The average molecular weight is 350 g/mol. The van der Waals surface area contributed by atoms with Crippen molar-refractivity contribution < 1.29 is 9.59 Å². The van der Waals surface area contributed by atoms with Crippen LogP contribution in [0, 0.1) is 5.92 Å². The third-order valence-corrected chi connectivity index (χ3v) is 6.07. The fraction of sp³-hybridized carbons (Fsp3) is 0.667. The highest BCUT2D eigenvalue weighted by Gasteiger charge is 2.37. The molecule has 4 rings (SSSR count). The number of fused-ring (bicyclic) bond motifs is 4. The summed E-state index contributed by atoms with van der Waals surface area (Å²) in [4.78, 5) is 32.0. The van der Waals surface area contributed by atoms with Crippen molar-refractivity contribution >= 4 is 23.2 Å². The minimum Gasteiger partial charge on any atom is -0.348 e. The first kappa shape index (κ1) is 17.4. The summed E-state index contributed by atoms with van der Waals surface area (Å²) in [5.41, 5.74) is 0. The Morgan fingerprint density at radius 1 is 1.25 bits per heavy atom. The van der Waals surface area contributed by atoms with Gasteiger partial charge in [0.25, 0.3) is 0 Å². The summed E-state index contributed by atoms with van der Waals surface area (Å²) in [7, 11) is 3.60. The van der Waals surface area contributed by atoms with Crippen molar-refractivity contribution in [2.75, 3.05) is 40.3 Å². The van der Waals surface area contributed by atoms with E-state index in [1.54, 1.807) is 30.3 Å². The van der Waals surface area contributed by atoms with Crippen molar-refractivity contribution in [3.8, 4) is 0 Å². The Morgan fingerprint density at radius 3 is 2.79 bits per heavy atom. The van der Waals surface area contributed by atoms with E-state index in [0.29, 0.717) is 18.9 Å². The molecule has 3 aliphatic rings. The largest absolute Gasteiger partial charge is 0.348 e. The van der Waals surface area contributed by atoms with Gasteiger partial charge in [-0.2, -0.15) is 0 Å². The van der Waals surface area contributed by atoms with Crippen molar-refractivity contribution in [1.82, 2.24) is 14.7 Å². The number of rotatable bonds is 5. The van der Waals surface area contributed by atoms with Crippen LogP contribution in [0.5, 0.6) is 0 Å². The van der Waals surface area contributed by atoms with Crippen LogP contribution in [0.3, 0.4) is 0 Å². The molecule has 0 aliphatic carbocycles. The van der Waals surface area contributed by atoms with Gasteiger partial charge in [0.1, 0.15) is 0 Å². The maximum Gasteiger partial charge on any atom is 0.236 e. The summed E-state index contributed by atoms with van der Waals surface area (Å²) in [5.74, 6) is 0.926. The van der Waals surface area contributed by atoms with E-state index < -0.39 is 0 Å². The Kier molecular flexibility index (Phi) is 5.56. The average Bonchev–Trinajstić information content (AvgIpc) is 2.93. The fourth-order valence-corrected chi connectivity index (χ4v) is 4.48. The third-order valence-electron chi connectivity index (χ3n) is 5.13. The number of nitrogens with zero attached hydrogens (tertiary/aromatic N) is 3.